The van der Waals surface area contributed by atoms with Crippen LogP contribution in [0, 0.1) is 25.7 Å². The maximum atomic E-state index is 14.3. The highest BCUT2D eigenvalue weighted by atomic mass is 16.2. The van der Waals surface area contributed by atoms with Gasteiger partial charge in [-0.1, -0.05) is 50.6 Å². The Morgan fingerprint density at radius 3 is 2.37 bits per heavy atom. The molecular weight excluding hydrogens is 440 g/mol. The van der Waals surface area contributed by atoms with Gasteiger partial charge in [-0.25, -0.2) is 0 Å². The molecule has 0 saturated carbocycles. The first-order valence-electron chi connectivity index (χ1n) is 12.5. The number of nitrogens with zero attached hydrogens (tertiary/aromatic N) is 3. The summed E-state index contributed by atoms with van der Waals surface area (Å²) in [5.74, 6) is -0.763. The van der Waals surface area contributed by atoms with Crippen molar-refractivity contribution in [3.63, 3.8) is 0 Å². The van der Waals surface area contributed by atoms with Crippen LogP contribution in [0.25, 0.3) is 0 Å². The second-order valence-electron chi connectivity index (χ2n) is 10.3. The van der Waals surface area contributed by atoms with Crippen molar-refractivity contribution in [2.45, 2.75) is 65.1 Å². The van der Waals surface area contributed by atoms with Gasteiger partial charge < -0.3 is 15.1 Å². The molecule has 0 bridgehead atoms. The molecule has 1 aromatic heterocycles. The Bertz CT molecular complexity index is 1120. The highest BCUT2D eigenvalue weighted by Gasteiger charge is 2.51. The Morgan fingerprint density at radius 2 is 1.80 bits per heavy atom. The minimum atomic E-state index is -0.916. The van der Waals surface area contributed by atoms with Crippen molar-refractivity contribution < 1.29 is 14.4 Å². The van der Waals surface area contributed by atoms with Gasteiger partial charge in [-0.15, -0.1) is 0 Å². The normalized spacial score (nSPS) is 21.9. The Kier molecular flexibility index (Phi) is 6.97. The molecule has 2 aliphatic rings. The number of hydrogen-bond donors (Lipinski definition) is 1. The summed E-state index contributed by atoms with van der Waals surface area (Å²) in [5.41, 5.74) is 4.69. The number of amides is 3. The van der Waals surface area contributed by atoms with Gasteiger partial charge in [0, 0.05) is 31.5 Å². The van der Waals surface area contributed by atoms with Crippen molar-refractivity contribution in [1.29, 1.82) is 0 Å². The van der Waals surface area contributed by atoms with E-state index in [-0.39, 0.29) is 29.6 Å². The Morgan fingerprint density at radius 1 is 1.17 bits per heavy atom. The van der Waals surface area contributed by atoms with E-state index in [2.05, 4.69) is 22.4 Å². The second kappa shape index (κ2) is 9.80. The number of carbonyl (C=O) groups excluding carboxylic acids is 3. The zero-order chi connectivity index (χ0) is 25.4. The molecule has 0 radical (unpaired) electrons. The van der Waals surface area contributed by atoms with Crippen LogP contribution < -0.4 is 5.32 Å². The van der Waals surface area contributed by atoms with Crippen molar-refractivity contribution in [3.05, 3.63) is 64.5 Å². The average molecular weight is 477 g/mol. The van der Waals surface area contributed by atoms with Crippen molar-refractivity contribution >= 4 is 17.7 Å². The zero-order valence-electron chi connectivity index (χ0n) is 21.5. The topological polar surface area (TPSA) is 82.6 Å². The molecule has 1 aromatic carbocycles. The number of likely N-dealkylation sites (N-methyl/N-ethyl adjacent to an activating group) is 1. The molecule has 186 valence electrons. The monoisotopic (exact) mass is 476 g/mol. The number of hydrogen-bond acceptors (Lipinski definition) is 4. The number of rotatable bonds is 6. The lowest BCUT2D eigenvalue weighted by molar-refractivity contribution is -0.161. The fraction of sp³-hybridized carbons (Fsp3) is 0.500. The summed E-state index contributed by atoms with van der Waals surface area (Å²) >= 11 is 0. The van der Waals surface area contributed by atoms with Crippen molar-refractivity contribution in [2.24, 2.45) is 11.8 Å². The van der Waals surface area contributed by atoms with Gasteiger partial charge in [0.05, 0.1) is 0 Å². The molecule has 7 nitrogen and oxygen atoms in total. The van der Waals surface area contributed by atoms with Gasteiger partial charge in [0.1, 0.15) is 18.1 Å². The molecule has 1 fully saturated rings. The zero-order valence-corrected chi connectivity index (χ0v) is 21.5. The number of pyridine rings is 1. The van der Waals surface area contributed by atoms with Crippen LogP contribution in [-0.4, -0.2) is 58.7 Å². The molecule has 7 heteroatoms. The molecule has 4 atom stereocenters. The molecule has 1 N–H and O–H groups in total. The van der Waals surface area contributed by atoms with Crippen molar-refractivity contribution in [1.82, 2.24) is 20.1 Å². The quantitative estimate of drug-likeness (QED) is 0.695. The van der Waals surface area contributed by atoms with E-state index in [1.165, 1.54) is 16.0 Å². The summed E-state index contributed by atoms with van der Waals surface area (Å²) in [6.45, 7) is 7.74. The van der Waals surface area contributed by atoms with E-state index in [0.717, 1.165) is 18.4 Å². The highest BCUT2D eigenvalue weighted by molar-refractivity contribution is 6.00. The summed E-state index contributed by atoms with van der Waals surface area (Å²) in [6.07, 6.45) is 3.92. The van der Waals surface area contributed by atoms with Crippen LogP contribution in [0.4, 0.5) is 0 Å². The van der Waals surface area contributed by atoms with Gasteiger partial charge in [0.25, 0.3) is 0 Å². The molecule has 3 amide bonds. The summed E-state index contributed by atoms with van der Waals surface area (Å²) in [6, 6.07) is 7.78. The number of piperazine rings is 1. The van der Waals surface area contributed by atoms with E-state index in [4.69, 9.17) is 0 Å². The van der Waals surface area contributed by atoms with Crippen LogP contribution in [0.5, 0.6) is 0 Å². The summed E-state index contributed by atoms with van der Waals surface area (Å²) < 4.78 is 0. The smallest absolute Gasteiger partial charge is 0.249 e. The molecule has 1 aliphatic heterocycles. The SMILES string of the molecule is CC[C@H](C)[C@@H]1C(=O)N[C@H](C2Cc3ccccc3C2)C(=O)N1[C@@H](C(=O)N(C)C)c1cc(C)cnc1C. The number of benzene rings is 1. The first-order valence-corrected chi connectivity index (χ1v) is 12.5. The van der Waals surface area contributed by atoms with Crippen molar-refractivity contribution in [3.8, 4) is 0 Å². The lowest BCUT2D eigenvalue weighted by atomic mass is 9.85. The van der Waals surface area contributed by atoms with Crippen LogP contribution in [0.3, 0.4) is 0 Å². The Hall–Kier alpha value is -3.22. The highest BCUT2D eigenvalue weighted by Crippen LogP contribution is 2.37. The number of aryl methyl sites for hydroxylation is 2. The maximum absolute atomic E-state index is 14.3. The van der Waals surface area contributed by atoms with Gasteiger partial charge in [-0.2, -0.15) is 0 Å². The molecular formula is C28H36N4O3. The molecule has 0 spiro atoms. The maximum Gasteiger partial charge on any atom is 0.249 e. The lowest BCUT2D eigenvalue weighted by Crippen LogP contribution is -2.68. The van der Waals surface area contributed by atoms with Gasteiger partial charge >= 0.3 is 0 Å². The number of nitrogens with one attached hydrogen (secondary N) is 1. The summed E-state index contributed by atoms with van der Waals surface area (Å²) in [5, 5.41) is 3.07. The van der Waals surface area contributed by atoms with Gasteiger partial charge in [-0.05, 0) is 55.2 Å². The van der Waals surface area contributed by atoms with Crippen LogP contribution in [0.15, 0.2) is 36.5 Å². The van der Waals surface area contributed by atoms with E-state index in [0.29, 0.717) is 17.7 Å². The Balaban J connectivity index is 1.81. The van der Waals surface area contributed by atoms with Crippen LogP contribution in [-0.2, 0) is 27.2 Å². The third-order valence-electron chi connectivity index (χ3n) is 7.63. The second-order valence-corrected chi connectivity index (χ2v) is 10.3. The van der Waals surface area contributed by atoms with E-state index in [1.54, 1.807) is 25.2 Å². The standard InChI is InChI=1S/C28H36N4O3/c1-7-17(3)24-26(33)30-23(21-13-19-10-8-9-11-20(19)14-21)27(34)32(24)25(28(35)31(5)6)22-12-16(2)15-29-18(22)4/h8-12,15,17,21,23-25H,7,13-14H2,1-6H3,(H,30,33)/t17-,23+,24+,25+/m0/s1. The third-order valence-corrected chi connectivity index (χ3v) is 7.63. The third kappa shape index (κ3) is 4.56. The minimum absolute atomic E-state index is 0.0453. The number of fused-ring (bicyclic) bond motifs is 1. The predicted molar refractivity (Wildman–Crippen MR) is 135 cm³/mol. The first-order chi connectivity index (χ1) is 16.6. The molecule has 2 aromatic rings. The van der Waals surface area contributed by atoms with Crippen LogP contribution in [0.1, 0.15) is 54.3 Å². The Labute approximate surface area is 207 Å². The van der Waals surface area contributed by atoms with Gasteiger partial charge in [0.2, 0.25) is 17.7 Å². The largest absolute Gasteiger partial charge is 0.347 e. The molecule has 4 rings (SSSR count). The van der Waals surface area contributed by atoms with E-state index in [9.17, 15) is 14.4 Å². The number of carbonyl (C=O) groups is 3. The van der Waals surface area contributed by atoms with Gasteiger partial charge in [-0.3, -0.25) is 19.4 Å². The van der Waals surface area contributed by atoms with E-state index in [1.807, 2.05) is 45.9 Å². The van der Waals surface area contributed by atoms with Gasteiger partial charge in [0.15, 0.2) is 0 Å². The molecule has 1 aliphatic carbocycles. The lowest BCUT2D eigenvalue weighted by Gasteiger charge is -2.46. The fourth-order valence-corrected chi connectivity index (χ4v) is 5.50. The first kappa shape index (κ1) is 24.9. The van der Waals surface area contributed by atoms with Crippen LogP contribution >= 0.6 is 0 Å². The summed E-state index contributed by atoms with van der Waals surface area (Å²) in [4.78, 5) is 49.2. The number of aromatic nitrogens is 1. The molecule has 1 saturated heterocycles. The average Bonchev–Trinajstić information content (AvgIpc) is 3.26. The fourth-order valence-electron chi connectivity index (χ4n) is 5.50. The minimum Gasteiger partial charge on any atom is -0.347 e. The van der Waals surface area contributed by atoms with Crippen molar-refractivity contribution in [2.75, 3.05) is 14.1 Å². The summed E-state index contributed by atoms with van der Waals surface area (Å²) in [7, 11) is 3.37. The molecule has 2 heterocycles. The van der Waals surface area contributed by atoms with Crippen LogP contribution in [0.2, 0.25) is 0 Å². The predicted octanol–water partition coefficient (Wildman–Crippen LogP) is 2.98. The van der Waals surface area contributed by atoms with E-state index < -0.39 is 18.1 Å². The van der Waals surface area contributed by atoms with E-state index >= 15 is 0 Å². The molecule has 0 unspecified atom stereocenters. The molecule has 35 heavy (non-hydrogen) atoms.